The molecule has 1 N–H and O–H groups in total. The molecule has 1 aliphatic rings. The first kappa shape index (κ1) is 14.7. The van der Waals surface area contributed by atoms with Gasteiger partial charge in [-0.2, -0.15) is 0 Å². The molecule has 7 heteroatoms. The predicted octanol–water partition coefficient (Wildman–Crippen LogP) is 2.09. The van der Waals surface area contributed by atoms with E-state index in [4.69, 9.17) is 11.6 Å². The third-order valence-corrected chi connectivity index (χ3v) is 3.77. The predicted molar refractivity (Wildman–Crippen MR) is 73.8 cm³/mol. The van der Waals surface area contributed by atoms with E-state index in [1.165, 1.54) is 23.1 Å². The van der Waals surface area contributed by atoms with Crippen molar-refractivity contribution in [3.63, 3.8) is 0 Å². The number of hydrogen-bond donors (Lipinski definition) is 1. The topological polar surface area (TPSA) is 83.7 Å². The lowest BCUT2D eigenvalue weighted by Gasteiger charge is -2.34. The Labute approximate surface area is 121 Å². The van der Waals surface area contributed by atoms with Gasteiger partial charge in [0.25, 0.3) is 11.6 Å². The number of carbonyl (C=O) groups is 1. The van der Waals surface area contributed by atoms with Crippen LogP contribution in [0.5, 0.6) is 0 Å². The molecule has 20 heavy (non-hydrogen) atoms. The Hall–Kier alpha value is -1.66. The van der Waals surface area contributed by atoms with Gasteiger partial charge in [-0.25, -0.2) is 0 Å². The second kappa shape index (κ2) is 5.76. The summed E-state index contributed by atoms with van der Waals surface area (Å²) in [6, 6.07) is 4.01. The van der Waals surface area contributed by atoms with Crippen LogP contribution < -0.4 is 0 Å². The summed E-state index contributed by atoms with van der Waals surface area (Å²) in [4.78, 5) is 24.3. The van der Waals surface area contributed by atoms with E-state index in [1.807, 2.05) is 6.92 Å². The van der Waals surface area contributed by atoms with E-state index >= 15 is 0 Å². The molecule has 6 nitrogen and oxygen atoms in total. The van der Waals surface area contributed by atoms with Crippen molar-refractivity contribution >= 4 is 23.2 Å². The summed E-state index contributed by atoms with van der Waals surface area (Å²) in [5, 5.41) is 20.9. The van der Waals surface area contributed by atoms with Crippen LogP contribution in [0.4, 0.5) is 5.69 Å². The van der Waals surface area contributed by atoms with E-state index in [2.05, 4.69) is 0 Å². The van der Waals surface area contributed by atoms with Gasteiger partial charge in [0.05, 0.1) is 11.0 Å². The molecule has 0 radical (unpaired) electrons. The van der Waals surface area contributed by atoms with E-state index < -0.39 is 16.9 Å². The standard InChI is InChI=1S/C13H15ClN2O4/c1-8-7-15(5-4-12(8)17)13(18)10-3-2-9(14)6-11(10)16(19)20/h2-3,6,8,12,17H,4-5,7H2,1H3. The van der Waals surface area contributed by atoms with Crippen molar-refractivity contribution < 1.29 is 14.8 Å². The van der Waals surface area contributed by atoms with Gasteiger partial charge in [-0.3, -0.25) is 14.9 Å². The number of nitro benzene ring substituents is 1. The molecule has 0 bridgehead atoms. The number of nitrogens with zero attached hydrogens (tertiary/aromatic N) is 2. The monoisotopic (exact) mass is 298 g/mol. The summed E-state index contributed by atoms with van der Waals surface area (Å²) < 4.78 is 0. The van der Waals surface area contributed by atoms with Crippen molar-refractivity contribution in [1.29, 1.82) is 0 Å². The Balaban J connectivity index is 2.27. The lowest BCUT2D eigenvalue weighted by molar-refractivity contribution is -0.385. The molecule has 1 aliphatic heterocycles. The number of carbonyl (C=O) groups excluding carboxylic acids is 1. The van der Waals surface area contributed by atoms with Crippen molar-refractivity contribution in [2.24, 2.45) is 5.92 Å². The zero-order valence-corrected chi connectivity index (χ0v) is 11.7. The number of aliphatic hydroxyl groups excluding tert-OH is 1. The molecule has 2 unspecified atom stereocenters. The molecule has 1 aromatic rings. The minimum Gasteiger partial charge on any atom is -0.393 e. The number of likely N-dealkylation sites (tertiary alicyclic amines) is 1. The van der Waals surface area contributed by atoms with Gasteiger partial charge in [-0.05, 0) is 24.5 Å². The number of piperidine rings is 1. The van der Waals surface area contributed by atoms with Crippen LogP contribution in [0.3, 0.4) is 0 Å². The van der Waals surface area contributed by atoms with Gasteiger partial charge in [-0.1, -0.05) is 18.5 Å². The van der Waals surface area contributed by atoms with Gasteiger partial charge in [0.15, 0.2) is 0 Å². The molecule has 2 atom stereocenters. The van der Waals surface area contributed by atoms with Crippen molar-refractivity contribution in [3.05, 3.63) is 38.9 Å². The van der Waals surface area contributed by atoms with Crippen molar-refractivity contribution in [2.45, 2.75) is 19.4 Å². The van der Waals surface area contributed by atoms with E-state index in [1.54, 1.807) is 0 Å². The highest BCUT2D eigenvalue weighted by molar-refractivity contribution is 6.31. The first-order valence-electron chi connectivity index (χ1n) is 6.31. The Morgan fingerprint density at radius 1 is 1.55 bits per heavy atom. The molecule has 1 heterocycles. The maximum Gasteiger partial charge on any atom is 0.283 e. The summed E-state index contributed by atoms with van der Waals surface area (Å²) in [5.41, 5.74) is -0.260. The number of rotatable bonds is 2. The van der Waals surface area contributed by atoms with Crippen LogP contribution in [-0.2, 0) is 0 Å². The fraction of sp³-hybridized carbons (Fsp3) is 0.462. The number of hydrogen-bond acceptors (Lipinski definition) is 4. The van der Waals surface area contributed by atoms with Crippen LogP contribution in [-0.4, -0.2) is 40.0 Å². The van der Waals surface area contributed by atoms with E-state index in [-0.39, 0.29) is 22.2 Å². The second-order valence-corrected chi connectivity index (χ2v) is 5.44. The molecular formula is C13H15ClN2O4. The normalized spacial score (nSPS) is 22.6. The summed E-state index contributed by atoms with van der Waals surface area (Å²) in [6.07, 6.45) is 0.0492. The van der Waals surface area contributed by atoms with Crippen LogP contribution in [0.2, 0.25) is 5.02 Å². The van der Waals surface area contributed by atoms with Gasteiger partial charge >= 0.3 is 0 Å². The molecule has 108 valence electrons. The highest BCUT2D eigenvalue weighted by Gasteiger charge is 2.31. The Kier molecular flexibility index (Phi) is 4.25. The summed E-state index contributed by atoms with van der Waals surface area (Å²) in [5.74, 6) is -0.439. The van der Waals surface area contributed by atoms with E-state index in [9.17, 15) is 20.0 Å². The largest absolute Gasteiger partial charge is 0.393 e. The minimum atomic E-state index is -0.610. The number of nitro groups is 1. The molecule has 0 saturated carbocycles. The van der Waals surface area contributed by atoms with Gasteiger partial charge in [-0.15, -0.1) is 0 Å². The SMILES string of the molecule is CC1CN(C(=O)c2ccc(Cl)cc2[N+](=O)[O-])CCC1O. The lowest BCUT2D eigenvalue weighted by Crippen LogP contribution is -2.45. The average molecular weight is 299 g/mol. The number of amides is 1. The number of halogens is 1. The number of aliphatic hydroxyl groups is 1. The van der Waals surface area contributed by atoms with Crippen LogP contribution in [0.15, 0.2) is 18.2 Å². The van der Waals surface area contributed by atoms with Crippen LogP contribution in [0.25, 0.3) is 0 Å². The lowest BCUT2D eigenvalue weighted by atomic mass is 9.96. The molecule has 0 aromatic heterocycles. The third kappa shape index (κ3) is 2.91. The highest BCUT2D eigenvalue weighted by atomic mass is 35.5. The fourth-order valence-electron chi connectivity index (χ4n) is 2.32. The van der Waals surface area contributed by atoms with Gasteiger partial charge in [0.1, 0.15) is 5.56 Å². The zero-order valence-electron chi connectivity index (χ0n) is 11.0. The summed E-state index contributed by atoms with van der Waals surface area (Å²) in [7, 11) is 0. The first-order chi connectivity index (χ1) is 9.40. The highest BCUT2D eigenvalue weighted by Crippen LogP contribution is 2.26. The molecular weight excluding hydrogens is 284 g/mol. The zero-order chi connectivity index (χ0) is 14.9. The maximum absolute atomic E-state index is 12.4. The minimum absolute atomic E-state index is 0.0305. The van der Waals surface area contributed by atoms with Crippen LogP contribution in [0.1, 0.15) is 23.7 Å². The van der Waals surface area contributed by atoms with E-state index in [0.717, 1.165) is 0 Å². The van der Waals surface area contributed by atoms with Crippen LogP contribution >= 0.6 is 11.6 Å². The second-order valence-electron chi connectivity index (χ2n) is 5.00. The first-order valence-corrected chi connectivity index (χ1v) is 6.69. The Morgan fingerprint density at radius 3 is 2.85 bits per heavy atom. The van der Waals surface area contributed by atoms with Crippen molar-refractivity contribution in [1.82, 2.24) is 4.90 Å². The van der Waals surface area contributed by atoms with Gasteiger partial charge in [0.2, 0.25) is 0 Å². The van der Waals surface area contributed by atoms with Crippen molar-refractivity contribution in [3.8, 4) is 0 Å². The van der Waals surface area contributed by atoms with E-state index in [0.29, 0.717) is 19.5 Å². The molecule has 2 rings (SSSR count). The maximum atomic E-state index is 12.4. The molecule has 0 aliphatic carbocycles. The smallest absolute Gasteiger partial charge is 0.283 e. The average Bonchev–Trinajstić information content (AvgIpc) is 2.41. The van der Waals surface area contributed by atoms with Crippen LogP contribution in [0, 0.1) is 16.0 Å². The molecule has 1 aromatic carbocycles. The van der Waals surface area contributed by atoms with Gasteiger partial charge < -0.3 is 10.0 Å². The molecule has 1 amide bonds. The van der Waals surface area contributed by atoms with Crippen molar-refractivity contribution in [2.75, 3.05) is 13.1 Å². The quantitative estimate of drug-likeness (QED) is 0.669. The molecule has 0 spiro atoms. The molecule has 1 saturated heterocycles. The summed E-state index contributed by atoms with van der Waals surface area (Å²) >= 11 is 5.73. The number of benzene rings is 1. The third-order valence-electron chi connectivity index (χ3n) is 3.53. The molecule has 1 fully saturated rings. The summed E-state index contributed by atoms with van der Waals surface area (Å²) in [6.45, 7) is 2.63. The Bertz CT molecular complexity index is 549. The van der Waals surface area contributed by atoms with Gasteiger partial charge in [0, 0.05) is 24.2 Å². The fourth-order valence-corrected chi connectivity index (χ4v) is 2.49. The Morgan fingerprint density at radius 2 is 2.25 bits per heavy atom.